The third-order valence-electron chi connectivity index (χ3n) is 4.25. The van der Waals surface area contributed by atoms with Gasteiger partial charge in [-0.25, -0.2) is 4.79 Å². The van der Waals surface area contributed by atoms with E-state index in [1.54, 1.807) is 17.1 Å². The van der Waals surface area contributed by atoms with Crippen molar-refractivity contribution in [2.45, 2.75) is 69.4 Å². The lowest BCUT2D eigenvalue weighted by atomic mass is 10.1. The molecule has 0 spiro atoms. The van der Waals surface area contributed by atoms with Gasteiger partial charge in [-0.3, -0.25) is 14.2 Å². The van der Waals surface area contributed by atoms with Gasteiger partial charge in [0.05, 0.1) is 24.7 Å². The van der Waals surface area contributed by atoms with Crippen LogP contribution < -0.4 is 0 Å². The monoisotopic (exact) mass is 406 g/mol. The van der Waals surface area contributed by atoms with E-state index >= 15 is 0 Å². The Morgan fingerprint density at radius 1 is 1.29 bits per heavy atom. The second-order valence-electron chi connectivity index (χ2n) is 7.69. The van der Waals surface area contributed by atoms with Gasteiger partial charge in [0.25, 0.3) is 0 Å². The number of hydrogen-bond acceptors (Lipinski definition) is 7. The van der Waals surface area contributed by atoms with E-state index in [2.05, 4.69) is 10.2 Å². The van der Waals surface area contributed by atoms with Gasteiger partial charge in [0, 0.05) is 23.4 Å². The summed E-state index contributed by atoms with van der Waals surface area (Å²) in [6, 6.07) is 0. The highest BCUT2D eigenvalue weighted by molar-refractivity contribution is 7.98. The summed E-state index contributed by atoms with van der Waals surface area (Å²) in [7, 11) is 1.40. The topological polar surface area (TPSA) is 88.2 Å². The Hall–Kier alpha value is -2.29. The molecule has 2 aromatic heterocycles. The molecule has 1 aliphatic heterocycles. The van der Waals surface area contributed by atoms with Crippen LogP contribution in [0.3, 0.4) is 0 Å². The van der Waals surface area contributed by atoms with E-state index in [0.717, 1.165) is 42.1 Å². The van der Waals surface area contributed by atoms with Crippen molar-refractivity contribution >= 4 is 23.7 Å². The highest BCUT2D eigenvalue weighted by atomic mass is 32.2. The molecule has 0 N–H and O–H groups in total. The number of esters is 2. The minimum atomic E-state index is -0.521. The molecule has 0 saturated carbocycles. The average molecular weight is 407 g/mol. The molecule has 152 valence electrons. The van der Waals surface area contributed by atoms with Gasteiger partial charge in [-0.2, -0.15) is 10.2 Å². The van der Waals surface area contributed by atoms with Crippen molar-refractivity contribution < 1.29 is 19.1 Å². The lowest BCUT2D eigenvalue weighted by molar-refractivity contribution is -0.155. The van der Waals surface area contributed by atoms with Gasteiger partial charge in [-0.05, 0) is 40.0 Å². The third kappa shape index (κ3) is 4.95. The van der Waals surface area contributed by atoms with E-state index in [1.165, 1.54) is 18.9 Å². The van der Waals surface area contributed by atoms with Crippen LogP contribution in [0.5, 0.6) is 0 Å². The van der Waals surface area contributed by atoms with Crippen LogP contribution in [0.4, 0.5) is 0 Å². The van der Waals surface area contributed by atoms with Crippen molar-refractivity contribution in [1.82, 2.24) is 19.6 Å². The smallest absolute Gasteiger partial charge is 0.341 e. The molecule has 3 rings (SSSR count). The number of ether oxygens (including phenoxy) is 2. The van der Waals surface area contributed by atoms with E-state index in [4.69, 9.17) is 9.47 Å². The number of carbonyl (C=O) groups is 2. The number of nitrogens with zero attached hydrogens (tertiary/aromatic N) is 4. The van der Waals surface area contributed by atoms with Crippen LogP contribution in [0.25, 0.3) is 0 Å². The Balaban J connectivity index is 1.67. The fraction of sp³-hybridized carbons (Fsp3) is 0.579. The van der Waals surface area contributed by atoms with Crippen LogP contribution in [0.15, 0.2) is 17.3 Å². The van der Waals surface area contributed by atoms with Gasteiger partial charge in [0.15, 0.2) is 0 Å². The molecule has 2 aromatic rings. The molecular formula is C19H26N4O4S. The predicted octanol–water partition coefficient (Wildman–Crippen LogP) is 2.84. The minimum Gasteiger partial charge on any atom is -0.465 e. The molecule has 0 aliphatic carbocycles. The maximum Gasteiger partial charge on any atom is 0.341 e. The summed E-state index contributed by atoms with van der Waals surface area (Å²) >= 11 is 1.52. The zero-order valence-electron chi connectivity index (χ0n) is 16.7. The van der Waals surface area contributed by atoms with Crippen LogP contribution in [-0.4, -0.2) is 44.2 Å². The molecule has 9 heteroatoms. The van der Waals surface area contributed by atoms with Gasteiger partial charge in [-0.15, -0.1) is 11.8 Å². The number of methoxy groups -OCH3 is 1. The molecule has 0 saturated heterocycles. The molecule has 0 fully saturated rings. The first-order valence-corrected chi connectivity index (χ1v) is 10.3. The largest absolute Gasteiger partial charge is 0.465 e. The molecular weight excluding hydrogens is 380 g/mol. The number of aromatic nitrogens is 4. The summed E-state index contributed by atoms with van der Waals surface area (Å²) < 4.78 is 13.8. The second-order valence-corrected chi connectivity index (χ2v) is 8.74. The quantitative estimate of drug-likeness (QED) is 0.538. The summed E-state index contributed by atoms with van der Waals surface area (Å²) in [4.78, 5) is 25.1. The van der Waals surface area contributed by atoms with Crippen molar-refractivity contribution in [2.75, 3.05) is 7.11 Å². The van der Waals surface area contributed by atoms with E-state index in [1.807, 2.05) is 25.5 Å². The first-order valence-electron chi connectivity index (χ1n) is 9.31. The molecule has 28 heavy (non-hydrogen) atoms. The normalized spacial score (nSPS) is 13.9. The van der Waals surface area contributed by atoms with E-state index < -0.39 is 5.60 Å². The number of hydrogen-bond donors (Lipinski definition) is 0. The van der Waals surface area contributed by atoms with Gasteiger partial charge in [0.1, 0.15) is 17.7 Å². The molecule has 0 aromatic carbocycles. The Bertz CT molecular complexity index is 866. The molecule has 3 heterocycles. The van der Waals surface area contributed by atoms with Crippen molar-refractivity contribution in [2.24, 2.45) is 0 Å². The Kier molecular flexibility index (Phi) is 6.12. The first kappa shape index (κ1) is 20.4. The number of fused-ring (bicyclic) bond motifs is 1. The van der Waals surface area contributed by atoms with Crippen LogP contribution in [0.2, 0.25) is 0 Å². The van der Waals surface area contributed by atoms with Crippen molar-refractivity contribution in [3.05, 3.63) is 29.3 Å². The van der Waals surface area contributed by atoms with E-state index in [0.29, 0.717) is 11.3 Å². The number of carbonyl (C=O) groups excluding carboxylic acids is 2. The highest BCUT2D eigenvalue weighted by Crippen LogP contribution is 2.28. The predicted molar refractivity (Wildman–Crippen MR) is 104 cm³/mol. The van der Waals surface area contributed by atoms with Gasteiger partial charge in [-0.1, -0.05) is 0 Å². The molecule has 0 atom stereocenters. The van der Waals surface area contributed by atoms with E-state index in [9.17, 15) is 9.59 Å². The Labute approximate surface area is 168 Å². The van der Waals surface area contributed by atoms with Crippen molar-refractivity contribution in [3.63, 3.8) is 0 Å². The lowest BCUT2D eigenvalue weighted by Crippen LogP contribution is -2.26. The van der Waals surface area contributed by atoms with Gasteiger partial charge >= 0.3 is 11.9 Å². The molecule has 0 bridgehead atoms. The molecule has 0 amide bonds. The molecule has 1 aliphatic rings. The SMILES string of the molecule is COC(=O)c1c(CSc2cnn(CC(=O)OC(C)(C)C)c2)nn2c1CCCC2. The van der Waals surface area contributed by atoms with Gasteiger partial charge < -0.3 is 9.47 Å². The van der Waals surface area contributed by atoms with Crippen molar-refractivity contribution in [1.29, 1.82) is 0 Å². The maximum atomic E-state index is 12.3. The molecule has 8 nitrogen and oxygen atoms in total. The fourth-order valence-electron chi connectivity index (χ4n) is 3.15. The summed E-state index contributed by atoms with van der Waals surface area (Å²) in [6.45, 7) is 6.39. The van der Waals surface area contributed by atoms with Gasteiger partial charge in [0.2, 0.25) is 0 Å². The summed E-state index contributed by atoms with van der Waals surface area (Å²) in [5.74, 6) is -0.135. The first-order chi connectivity index (χ1) is 13.3. The number of aryl methyl sites for hydroxylation is 1. The second kappa shape index (κ2) is 8.38. The zero-order valence-corrected chi connectivity index (χ0v) is 17.5. The summed E-state index contributed by atoms with van der Waals surface area (Å²) in [5, 5.41) is 8.84. The molecule has 0 radical (unpaired) electrons. The van der Waals surface area contributed by atoms with Crippen molar-refractivity contribution in [3.8, 4) is 0 Å². The van der Waals surface area contributed by atoms with E-state index in [-0.39, 0.29) is 18.5 Å². The number of rotatable bonds is 6. The fourth-order valence-corrected chi connectivity index (χ4v) is 3.97. The van der Waals surface area contributed by atoms with Crippen LogP contribution >= 0.6 is 11.8 Å². The average Bonchev–Trinajstić information content (AvgIpc) is 3.21. The number of thioether (sulfide) groups is 1. The lowest BCUT2D eigenvalue weighted by Gasteiger charge is -2.19. The zero-order chi connectivity index (χ0) is 20.3. The summed E-state index contributed by atoms with van der Waals surface area (Å²) in [6.07, 6.45) is 6.46. The molecule has 0 unspecified atom stereocenters. The van der Waals surface area contributed by atoms with Crippen LogP contribution in [0, 0.1) is 0 Å². The maximum absolute atomic E-state index is 12.3. The summed E-state index contributed by atoms with van der Waals surface area (Å²) in [5.41, 5.74) is 1.77. The highest BCUT2D eigenvalue weighted by Gasteiger charge is 2.26. The van der Waals surface area contributed by atoms with Crippen LogP contribution in [-0.2, 0) is 39.5 Å². The Morgan fingerprint density at radius 2 is 2.07 bits per heavy atom. The van der Waals surface area contributed by atoms with Crippen LogP contribution in [0.1, 0.15) is 55.4 Å². The minimum absolute atomic E-state index is 0.0595. The Morgan fingerprint density at radius 3 is 2.79 bits per heavy atom. The third-order valence-corrected chi connectivity index (χ3v) is 5.21. The standard InChI is InChI=1S/C19H26N4O4S/c1-19(2,3)27-16(24)11-22-10-13(9-20-22)28-12-14-17(18(25)26-4)15-7-5-6-8-23(15)21-14/h9-10H,5-8,11-12H2,1-4H3.